The lowest BCUT2D eigenvalue weighted by Crippen LogP contribution is -2.40. The number of nitrogens with zero attached hydrogens (tertiary/aromatic N) is 1. The van der Waals surface area contributed by atoms with Gasteiger partial charge in [-0.25, -0.2) is 0 Å². The fraction of sp³-hybridized carbons (Fsp3) is 0.647. The van der Waals surface area contributed by atoms with Crippen molar-refractivity contribution in [1.82, 2.24) is 10.2 Å². The molecule has 1 N–H and O–H groups in total. The molecule has 1 aliphatic heterocycles. The first-order chi connectivity index (χ1) is 9.76. The quantitative estimate of drug-likeness (QED) is 0.862. The largest absolute Gasteiger partial charge is 0.496 e. The van der Waals surface area contributed by atoms with Crippen molar-refractivity contribution in [3.05, 3.63) is 29.8 Å². The average Bonchev–Trinajstić information content (AvgIpc) is 3.20. The molecule has 2 fully saturated rings. The average molecular weight is 274 g/mol. The van der Waals surface area contributed by atoms with Gasteiger partial charge in [0.15, 0.2) is 0 Å². The van der Waals surface area contributed by atoms with E-state index < -0.39 is 0 Å². The Morgan fingerprint density at radius 3 is 2.85 bits per heavy atom. The van der Waals surface area contributed by atoms with Crippen molar-refractivity contribution in [3.8, 4) is 5.75 Å². The molecule has 1 heterocycles. The summed E-state index contributed by atoms with van der Waals surface area (Å²) in [5.74, 6) is 1.01. The maximum Gasteiger partial charge on any atom is 0.122 e. The molecule has 2 unspecified atom stereocenters. The third kappa shape index (κ3) is 3.33. The summed E-state index contributed by atoms with van der Waals surface area (Å²) in [6.45, 7) is 4.80. The molecular weight excluding hydrogens is 248 g/mol. The zero-order chi connectivity index (χ0) is 13.9. The van der Waals surface area contributed by atoms with Crippen LogP contribution in [-0.4, -0.2) is 43.2 Å². The van der Waals surface area contributed by atoms with Crippen LogP contribution < -0.4 is 10.1 Å². The molecular formula is C17H26N2O. The lowest BCUT2D eigenvalue weighted by Gasteiger charge is -2.21. The number of para-hydroxylation sites is 1. The van der Waals surface area contributed by atoms with Crippen LogP contribution in [0.5, 0.6) is 5.75 Å². The fourth-order valence-electron chi connectivity index (χ4n) is 3.36. The third-order valence-corrected chi connectivity index (χ3v) is 4.52. The molecule has 0 spiro atoms. The van der Waals surface area contributed by atoms with Crippen LogP contribution in [0.25, 0.3) is 0 Å². The van der Waals surface area contributed by atoms with Gasteiger partial charge in [0.25, 0.3) is 0 Å². The number of hydrogen-bond acceptors (Lipinski definition) is 3. The predicted octanol–water partition coefficient (Wildman–Crippen LogP) is 2.45. The molecule has 1 aliphatic carbocycles. The zero-order valence-corrected chi connectivity index (χ0v) is 12.6. The van der Waals surface area contributed by atoms with E-state index in [4.69, 9.17) is 4.74 Å². The van der Waals surface area contributed by atoms with Crippen molar-refractivity contribution in [1.29, 1.82) is 0 Å². The number of nitrogens with one attached hydrogen (secondary N) is 1. The van der Waals surface area contributed by atoms with Crippen molar-refractivity contribution < 1.29 is 4.74 Å². The van der Waals surface area contributed by atoms with Gasteiger partial charge in [-0.3, -0.25) is 4.90 Å². The first-order valence-corrected chi connectivity index (χ1v) is 7.88. The molecule has 3 rings (SSSR count). The van der Waals surface area contributed by atoms with Gasteiger partial charge in [-0.15, -0.1) is 0 Å². The molecule has 3 nitrogen and oxygen atoms in total. The highest BCUT2D eigenvalue weighted by atomic mass is 16.5. The van der Waals surface area contributed by atoms with Crippen LogP contribution in [0.1, 0.15) is 31.7 Å². The molecule has 3 heteroatoms. The maximum absolute atomic E-state index is 5.44. The van der Waals surface area contributed by atoms with E-state index in [-0.39, 0.29) is 0 Å². The van der Waals surface area contributed by atoms with Crippen molar-refractivity contribution in [2.24, 2.45) is 0 Å². The number of benzene rings is 1. The molecule has 1 saturated carbocycles. The minimum Gasteiger partial charge on any atom is -0.496 e. The number of likely N-dealkylation sites (tertiary alicyclic amines) is 1. The lowest BCUT2D eigenvalue weighted by atomic mass is 10.0. The molecule has 0 radical (unpaired) electrons. The van der Waals surface area contributed by atoms with E-state index in [1.807, 2.05) is 12.1 Å². The van der Waals surface area contributed by atoms with Crippen molar-refractivity contribution in [3.63, 3.8) is 0 Å². The summed E-state index contributed by atoms with van der Waals surface area (Å²) in [7, 11) is 1.75. The molecule has 2 aliphatic rings. The van der Waals surface area contributed by atoms with Crippen LogP contribution in [0, 0.1) is 0 Å². The summed E-state index contributed by atoms with van der Waals surface area (Å²) < 4.78 is 5.44. The molecule has 1 aromatic carbocycles. The number of rotatable bonds is 6. The Kier molecular flexibility index (Phi) is 4.27. The summed E-state index contributed by atoms with van der Waals surface area (Å²) in [4.78, 5) is 2.66. The standard InChI is InChI=1S/C17H26N2O/c1-13(11-14-5-3-4-6-17(14)20-2)18-15-9-10-19(12-15)16-7-8-16/h3-6,13,15-16,18H,7-12H2,1-2H3. The van der Waals surface area contributed by atoms with Crippen LogP contribution in [0.2, 0.25) is 0 Å². The van der Waals surface area contributed by atoms with Gasteiger partial charge in [-0.1, -0.05) is 18.2 Å². The van der Waals surface area contributed by atoms with Gasteiger partial charge in [0.1, 0.15) is 5.75 Å². The van der Waals surface area contributed by atoms with E-state index in [0.717, 1.165) is 18.2 Å². The third-order valence-electron chi connectivity index (χ3n) is 4.52. The molecule has 0 amide bonds. The van der Waals surface area contributed by atoms with E-state index in [9.17, 15) is 0 Å². The van der Waals surface area contributed by atoms with E-state index in [1.54, 1.807) is 7.11 Å². The van der Waals surface area contributed by atoms with E-state index in [1.165, 1.54) is 37.9 Å². The lowest BCUT2D eigenvalue weighted by molar-refractivity contribution is 0.313. The van der Waals surface area contributed by atoms with Crippen molar-refractivity contribution in [2.75, 3.05) is 20.2 Å². The highest BCUT2D eigenvalue weighted by Gasteiger charge is 2.34. The molecule has 0 bridgehead atoms. The maximum atomic E-state index is 5.44. The molecule has 1 saturated heterocycles. The first kappa shape index (κ1) is 13.9. The van der Waals surface area contributed by atoms with E-state index in [2.05, 4.69) is 29.3 Å². The van der Waals surface area contributed by atoms with Crippen LogP contribution in [0.15, 0.2) is 24.3 Å². The Bertz CT molecular complexity index is 444. The molecule has 20 heavy (non-hydrogen) atoms. The van der Waals surface area contributed by atoms with Crippen molar-refractivity contribution >= 4 is 0 Å². The zero-order valence-electron chi connectivity index (χ0n) is 12.6. The summed E-state index contributed by atoms with van der Waals surface area (Å²) in [5, 5.41) is 3.79. The smallest absolute Gasteiger partial charge is 0.122 e. The first-order valence-electron chi connectivity index (χ1n) is 7.88. The Labute approximate surface area is 122 Å². The minimum atomic E-state index is 0.496. The van der Waals surface area contributed by atoms with Gasteiger partial charge >= 0.3 is 0 Å². The van der Waals surface area contributed by atoms with Gasteiger partial charge in [-0.2, -0.15) is 0 Å². The minimum absolute atomic E-state index is 0.496. The summed E-state index contributed by atoms with van der Waals surface area (Å²) in [6, 6.07) is 10.4. The topological polar surface area (TPSA) is 24.5 Å². The van der Waals surface area contributed by atoms with Crippen LogP contribution >= 0.6 is 0 Å². The Morgan fingerprint density at radius 2 is 2.10 bits per heavy atom. The SMILES string of the molecule is COc1ccccc1CC(C)NC1CCN(C2CC2)C1. The van der Waals surface area contributed by atoms with Crippen LogP contribution in [0.4, 0.5) is 0 Å². The molecule has 0 aromatic heterocycles. The number of hydrogen-bond donors (Lipinski definition) is 1. The summed E-state index contributed by atoms with van der Waals surface area (Å²) in [6.07, 6.45) is 5.17. The van der Waals surface area contributed by atoms with Gasteiger partial charge in [0.05, 0.1) is 7.11 Å². The predicted molar refractivity (Wildman–Crippen MR) is 82.3 cm³/mol. The highest BCUT2D eigenvalue weighted by molar-refractivity contribution is 5.33. The highest BCUT2D eigenvalue weighted by Crippen LogP contribution is 2.30. The van der Waals surface area contributed by atoms with Gasteiger partial charge in [-0.05, 0) is 44.2 Å². The van der Waals surface area contributed by atoms with Crippen molar-refractivity contribution in [2.45, 2.75) is 50.7 Å². The molecule has 110 valence electrons. The fourth-order valence-corrected chi connectivity index (χ4v) is 3.36. The van der Waals surface area contributed by atoms with Crippen LogP contribution in [0.3, 0.4) is 0 Å². The summed E-state index contributed by atoms with van der Waals surface area (Å²) in [5.41, 5.74) is 1.30. The van der Waals surface area contributed by atoms with Gasteiger partial charge < -0.3 is 10.1 Å². The second kappa shape index (κ2) is 6.15. The van der Waals surface area contributed by atoms with E-state index in [0.29, 0.717) is 12.1 Å². The normalized spacial score (nSPS) is 24.8. The Hall–Kier alpha value is -1.06. The van der Waals surface area contributed by atoms with E-state index >= 15 is 0 Å². The van der Waals surface area contributed by atoms with Gasteiger partial charge in [0.2, 0.25) is 0 Å². The molecule has 2 atom stereocenters. The Balaban J connectivity index is 1.50. The molecule has 1 aromatic rings. The second-order valence-electron chi connectivity index (χ2n) is 6.30. The summed E-state index contributed by atoms with van der Waals surface area (Å²) >= 11 is 0. The van der Waals surface area contributed by atoms with Crippen LogP contribution in [-0.2, 0) is 6.42 Å². The number of ether oxygens (including phenoxy) is 1. The Morgan fingerprint density at radius 1 is 1.30 bits per heavy atom. The monoisotopic (exact) mass is 274 g/mol. The second-order valence-corrected chi connectivity index (χ2v) is 6.30. The number of methoxy groups -OCH3 is 1. The van der Waals surface area contributed by atoms with Gasteiger partial charge in [0, 0.05) is 31.2 Å².